The van der Waals surface area contributed by atoms with Crippen molar-refractivity contribution >= 4 is 5.91 Å². The molecule has 2 rings (SSSR count). The van der Waals surface area contributed by atoms with Gasteiger partial charge >= 0.3 is 0 Å². The van der Waals surface area contributed by atoms with Gasteiger partial charge in [0.05, 0.1) is 0 Å². The predicted octanol–water partition coefficient (Wildman–Crippen LogP) is 2.54. The summed E-state index contributed by atoms with van der Waals surface area (Å²) in [4.78, 5) is 14.6. The Balaban J connectivity index is 2.05. The van der Waals surface area contributed by atoms with E-state index in [-0.39, 0.29) is 11.4 Å². The molecule has 0 radical (unpaired) electrons. The first-order valence-electron chi connectivity index (χ1n) is 7.47. The van der Waals surface area contributed by atoms with Crippen molar-refractivity contribution in [2.45, 2.75) is 70.9 Å². The summed E-state index contributed by atoms with van der Waals surface area (Å²) in [5.41, 5.74) is 5.61. The highest BCUT2D eigenvalue weighted by Gasteiger charge is 2.39. The normalized spacial score (nSPS) is 33.1. The van der Waals surface area contributed by atoms with Crippen molar-refractivity contribution in [1.29, 1.82) is 0 Å². The van der Waals surface area contributed by atoms with Crippen molar-refractivity contribution in [2.24, 2.45) is 17.6 Å². The molecule has 1 saturated carbocycles. The van der Waals surface area contributed by atoms with Gasteiger partial charge in [-0.3, -0.25) is 4.79 Å². The Kier molecular flexibility index (Phi) is 4.00. The van der Waals surface area contributed by atoms with Gasteiger partial charge in [-0.05, 0) is 44.9 Å². The van der Waals surface area contributed by atoms with Gasteiger partial charge in [0.2, 0.25) is 5.91 Å². The minimum Gasteiger partial charge on any atom is -0.339 e. The van der Waals surface area contributed by atoms with Crippen LogP contribution in [0.15, 0.2) is 0 Å². The van der Waals surface area contributed by atoms with Gasteiger partial charge in [0.1, 0.15) is 0 Å². The smallest absolute Gasteiger partial charge is 0.224 e. The maximum atomic E-state index is 12.4. The molecule has 2 N–H and O–H groups in total. The van der Waals surface area contributed by atoms with Gasteiger partial charge < -0.3 is 10.6 Å². The third-order valence-corrected chi connectivity index (χ3v) is 4.67. The van der Waals surface area contributed by atoms with Crippen LogP contribution in [0.1, 0.15) is 59.3 Å². The largest absolute Gasteiger partial charge is 0.339 e. The Morgan fingerprint density at radius 2 is 1.94 bits per heavy atom. The molecule has 3 nitrogen and oxygen atoms in total. The summed E-state index contributed by atoms with van der Waals surface area (Å²) < 4.78 is 0. The molecule has 0 aromatic rings. The minimum absolute atomic E-state index is 0.270. The lowest BCUT2D eigenvalue weighted by Gasteiger charge is -2.47. The van der Waals surface area contributed by atoms with E-state index in [0.29, 0.717) is 12.5 Å². The van der Waals surface area contributed by atoms with Crippen LogP contribution in [0.2, 0.25) is 0 Å². The topological polar surface area (TPSA) is 46.3 Å². The average Bonchev–Trinajstić information content (AvgIpc) is 2.27. The van der Waals surface area contributed by atoms with Crippen LogP contribution in [-0.2, 0) is 4.79 Å². The van der Waals surface area contributed by atoms with E-state index in [1.165, 1.54) is 25.7 Å². The Labute approximate surface area is 111 Å². The second-order valence-corrected chi connectivity index (χ2v) is 7.03. The van der Waals surface area contributed by atoms with E-state index in [4.69, 9.17) is 5.73 Å². The molecule has 2 fully saturated rings. The summed E-state index contributed by atoms with van der Waals surface area (Å²) in [6, 6.07) is 0.498. The number of carbonyl (C=O) groups excluding carboxylic acids is 1. The maximum absolute atomic E-state index is 12.4. The van der Waals surface area contributed by atoms with E-state index >= 15 is 0 Å². The molecule has 2 aliphatic rings. The molecule has 0 bridgehead atoms. The van der Waals surface area contributed by atoms with Crippen molar-refractivity contribution in [2.75, 3.05) is 6.54 Å². The van der Waals surface area contributed by atoms with E-state index in [1.807, 2.05) is 13.8 Å². The van der Waals surface area contributed by atoms with Crippen LogP contribution in [-0.4, -0.2) is 28.9 Å². The van der Waals surface area contributed by atoms with Crippen LogP contribution in [0.4, 0.5) is 0 Å². The van der Waals surface area contributed by atoms with E-state index in [9.17, 15) is 4.79 Å². The zero-order chi connectivity index (χ0) is 13.3. The summed E-state index contributed by atoms with van der Waals surface area (Å²) in [5, 5.41) is 0. The van der Waals surface area contributed by atoms with E-state index < -0.39 is 0 Å². The molecule has 0 aromatic carbocycles. The molecule has 0 spiro atoms. The number of likely N-dealkylation sites (tertiary alicyclic amines) is 1. The van der Waals surface area contributed by atoms with Crippen molar-refractivity contribution in [1.82, 2.24) is 4.90 Å². The first kappa shape index (κ1) is 13.9. The molecule has 3 unspecified atom stereocenters. The third kappa shape index (κ3) is 3.05. The van der Waals surface area contributed by atoms with E-state index in [2.05, 4.69) is 11.8 Å². The maximum Gasteiger partial charge on any atom is 0.224 e. The van der Waals surface area contributed by atoms with Crippen molar-refractivity contribution in [3.8, 4) is 0 Å². The SMILES string of the molecule is CC1CCN(C(=O)CC(C)(C)N)C2CCCCC12. The number of hydrogen-bond donors (Lipinski definition) is 1. The molecule has 104 valence electrons. The summed E-state index contributed by atoms with van der Waals surface area (Å²) in [6.07, 6.45) is 6.77. The lowest BCUT2D eigenvalue weighted by Crippen LogP contribution is -2.54. The van der Waals surface area contributed by atoms with Gasteiger partial charge in [-0.1, -0.05) is 19.8 Å². The number of fused-ring (bicyclic) bond motifs is 1. The summed E-state index contributed by atoms with van der Waals surface area (Å²) in [6.45, 7) is 7.18. The zero-order valence-electron chi connectivity index (χ0n) is 12.1. The third-order valence-electron chi connectivity index (χ3n) is 4.67. The number of carbonyl (C=O) groups is 1. The molecule has 1 saturated heterocycles. The lowest BCUT2D eigenvalue weighted by molar-refractivity contribution is -0.140. The van der Waals surface area contributed by atoms with Gasteiger partial charge in [-0.25, -0.2) is 0 Å². The fraction of sp³-hybridized carbons (Fsp3) is 0.933. The second kappa shape index (κ2) is 5.20. The highest BCUT2D eigenvalue weighted by atomic mass is 16.2. The Hall–Kier alpha value is -0.570. The zero-order valence-corrected chi connectivity index (χ0v) is 12.1. The molecule has 3 atom stereocenters. The van der Waals surface area contributed by atoms with Crippen molar-refractivity contribution < 1.29 is 4.79 Å². The van der Waals surface area contributed by atoms with Gasteiger partial charge in [0, 0.05) is 24.5 Å². The van der Waals surface area contributed by atoms with Crippen LogP contribution < -0.4 is 5.73 Å². The summed E-state index contributed by atoms with van der Waals surface area (Å²) in [5.74, 6) is 1.79. The fourth-order valence-electron chi connectivity index (χ4n) is 3.71. The standard InChI is InChI=1S/C15H28N2O/c1-11-8-9-17(14(18)10-15(2,3)16)13-7-5-4-6-12(11)13/h11-13H,4-10,16H2,1-3H3. The second-order valence-electron chi connectivity index (χ2n) is 7.03. The van der Waals surface area contributed by atoms with Gasteiger partial charge in [0.15, 0.2) is 0 Å². The predicted molar refractivity (Wildman–Crippen MR) is 74.1 cm³/mol. The lowest BCUT2D eigenvalue weighted by atomic mass is 9.72. The molecule has 18 heavy (non-hydrogen) atoms. The Morgan fingerprint density at radius 3 is 2.61 bits per heavy atom. The Morgan fingerprint density at radius 1 is 1.28 bits per heavy atom. The quantitative estimate of drug-likeness (QED) is 0.821. The van der Waals surface area contributed by atoms with Crippen LogP contribution in [0.25, 0.3) is 0 Å². The monoisotopic (exact) mass is 252 g/mol. The van der Waals surface area contributed by atoms with Crippen LogP contribution in [0.3, 0.4) is 0 Å². The molecular weight excluding hydrogens is 224 g/mol. The van der Waals surface area contributed by atoms with Gasteiger partial charge in [-0.2, -0.15) is 0 Å². The highest BCUT2D eigenvalue weighted by molar-refractivity contribution is 5.77. The first-order valence-corrected chi connectivity index (χ1v) is 7.47. The highest BCUT2D eigenvalue weighted by Crippen LogP contribution is 2.39. The van der Waals surface area contributed by atoms with Gasteiger partial charge in [0.25, 0.3) is 0 Å². The molecule has 0 aromatic heterocycles. The minimum atomic E-state index is -0.385. The summed E-state index contributed by atoms with van der Waals surface area (Å²) >= 11 is 0. The molecule has 1 aliphatic carbocycles. The number of rotatable bonds is 2. The first-order chi connectivity index (χ1) is 8.38. The number of amides is 1. The van der Waals surface area contributed by atoms with Crippen LogP contribution in [0, 0.1) is 11.8 Å². The van der Waals surface area contributed by atoms with Gasteiger partial charge in [-0.15, -0.1) is 0 Å². The summed E-state index contributed by atoms with van der Waals surface area (Å²) in [7, 11) is 0. The average molecular weight is 252 g/mol. The number of piperidine rings is 1. The molecule has 3 heteroatoms. The van der Waals surface area contributed by atoms with Crippen LogP contribution >= 0.6 is 0 Å². The van der Waals surface area contributed by atoms with E-state index in [1.54, 1.807) is 0 Å². The Bertz CT molecular complexity index is 308. The number of nitrogens with zero attached hydrogens (tertiary/aromatic N) is 1. The van der Waals surface area contributed by atoms with Crippen molar-refractivity contribution in [3.63, 3.8) is 0 Å². The van der Waals surface area contributed by atoms with Crippen molar-refractivity contribution in [3.05, 3.63) is 0 Å². The van der Waals surface area contributed by atoms with E-state index in [0.717, 1.165) is 24.8 Å². The number of hydrogen-bond acceptors (Lipinski definition) is 2. The number of nitrogens with two attached hydrogens (primary N) is 1. The fourth-order valence-corrected chi connectivity index (χ4v) is 3.71. The van der Waals surface area contributed by atoms with Crippen LogP contribution in [0.5, 0.6) is 0 Å². The molecule has 1 aliphatic heterocycles. The molecule has 1 amide bonds. The molecular formula is C15H28N2O. The molecule has 1 heterocycles.